The Morgan fingerprint density at radius 1 is 1.21 bits per heavy atom. The van der Waals surface area contributed by atoms with Gasteiger partial charge in [-0.25, -0.2) is 13.6 Å². The van der Waals surface area contributed by atoms with Crippen LogP contribution in [0.4, 0.5) is 26.7 Å². The Hall–Kier alpha value is -1.08. The number of hydrogen-bond acceptors (Lipinski definition) is 3. The molecule has 14 heavy (non-hydrogen) atoms. The van der Waals surface area contributed by atoms with Crippen LogP contribution in [0.3, 0.4) is 0 Å². The zero-order chi connectivity index (χ0) is 11.2. The van der Waals surface area contributed by atoms with Crippen molar-refractivity contribution in [1.82, 2.24) is 0 Å². The van der Waals surface area contributed by atoms with Crippen LogP contribution >= 0.6 is 0 Å². The molecule has 0 bridgehead atoms. The quantitative estimate of drug-likeness (QED) is 0.541. The maximum Gasteiger partial charge on any atom is 0.508 e. The third kappa shape index (κ3) is 9.01. The highest BCUT2D eigenvalue weighted by atomic mass is 19.4. The summed E-state index contributed by atoms with van der Waals surface area (Å²) in [4.78, 5) is 10.3. The summed E-state index contributed by atoms with van der Waals surface area (Å²) >= 11 is 0. The molecule has 0 radical (unpaired) electrons. The van der Waals surface area contributed by atoms with Gasteiger partial charge in [-0.2, -0.15) is 13.2 Å². The van der Waals surface area contributed by atoms with Gasteiger partial charge < -0.3 is 9.47 Å². The number of ether oxygens (including phenoxy) is 2. The van der Waals surface area contributed by atoms with Crippen LogP contribution in [0, 0.1) is 0 Å². The molecule has 8 heteroatoms. The fourth-order valence-corrected chi connectivity index (χ4v) is 0.414. The average Bonchev–Trinajstić information content (AvgIpc) is 1.99. The third-order valence-corrected chi connectivity index (χ3v) is 0.910. The van der Waals surface area contributed by atoms with E-state index in [0.717, 1.165) is 0 Å². The lowest BCUT2D eigenvalue weighted by Gasteiger charge is -2.07. The molecule has 0 saturated carbocycles. The number of carbonyl (C=O) groups is 1. The van der Waals surface area contributed by atoms with E-state index in [9.17, 15) is 26.7 Å². The molecule has 0 saturated heterocycles. The summed E-state index contributed by atoms with van der Waals surface area (Å²) in [7, 11) is 0. The molecule has 0 aliphatic rings. The first-order valence-corrected chi connectivity index (χ1v) is 3.45. The summed E-state index contributed by atoms with van der Waals surface area (Å²) in [6, 6.07) is 0. The van der Waals surface area contributed by atoms with Crippen molar-refractivity contribution >= 4 is 6.16 Å². The van der Waals surface area contributed by atoms with Crippen LogP contribution in [-0.2, 0) is 9.47 Å². The van der Waals surface area contributed by atoms with Crippen LogP contribution in [0.2, 0.25) is 0 Å². The number of alkyl halides is 5. The van der Waals surface area contributed by atoms with Gasteiger partial charge >= 0.3 is 12.3 Å². The molecule has 0 aromatic rings. The molecule has 0 N–H and O–H groups in total. The van der Waals surface area contributed by atoms with Gasteiger partial charge in [0.15, 0.2) is 6.61 Å². The Kier molecular flexibility index (Phi) is 5.18. The fraction of sp³-hybridized carbons (Fsp3) is 0.833. The normalized spacial score (nSPS) is 11.6. The first-order chi connectivity index (χ1) is 6.31. The highest BCUT2D eigenvalue weighted by Gasteiger charge is 2.29. The molecule has 0 rings (SSSR count). The Labute approximate surface area is 75.8 Å². The van der Waals surface area contributed by atoms with Gasteiger partial charge in [0.25, 0.3) is 0 Å². The van der Waals surface area contributed by atoms with E-state index in [-0.39, 0.29) is 0 Å². The van der Waals surface area contributed by atoms with Gasteiger partial charge in [0.2, 0.25) is 6.43 Å². The maximum absolute atomic E-state index is 11.4. The summed E-state index contributed by atoms with van der Waals surface area (Å²) in [6.45, 7) is -2.46. The molecule has 0 fully saturated rings. The zero-order valence-corrected chi connectivity index (χ0v) is 6.81. The van der Waals surface area contributed by atoms with Gasteiger partial charge in [-0.1, -0.05) is 0 Å². The van der Waals surface area contributed by atoms with Crippen LogP contribution in [0.1, 0.15) is 6.42 Å². The molecule has 0 amide bonds. The molecule has 0 aromatic carbocycles. The van der Waals surface area contributed by atoms with E-state index in [1.807, 2.05) is 0 Å². The van der Waals surface area contributed by atoms with Gasteiger partial charge in [0.05, 0.1) is 0 Å². The summed E-state index contributed by atoms with van der Waals surface area (Å²) in [5, 5.41) is 0. The average molecular weight is 222 g/mol. The largest absolute Gasteiger partial charge is 0.508 e. The van der Waals surface area contributed by atoms with Crippen molar-refractivity contribution in [3.63, 3.8) is 0 Å². The Bertz CT molecular complexity index is 179. The standard InChI is InChI=1S/C6H7F5O3/c7-4(8)1-2-13-5(12)14-3-6(9,10)11/h4H,1-3H2. The molecular formula is C6H7F5O3. The van der Waals surface area contributed by atoms with E-state index in [0.29, 0.717) is 0 Å². The van der Waals surface area contributed by atoms with E-state index in [4.69, 9.17) is 0 Å². The molecule has 84 valence electrons. The first kappa shape index (κ1) is 12.9. The number of carbonyl (C=O) groups excluding carboxylic acids is 1. The predicted molar refractivity (Wildman–Crippen MR) is 34.0 cm³/mol. The molecule has 0 aliphatic heterocycles. The van der Waals surface area contributed by atoms with E-state index in [1.165, 1.54) is 0 Å². The van der Waals surface area contributed by atoms with Crippen molar-refractivity contribution in [1.29, 1.82) is 0 Å². The summed E-state index contributed by atoms with van der Waals surface area (Å²) in [6.07, 6.45) is -9.67. The predicted octanol–water partition coefficient (Wildman–Crippen LogP) is 2.36. The molecular weight excluding hydrogens is 215 g/mol. The van der Waals surface area contributed by atoms with Crippen molar-refractivity contribution in [2.24, 2.45) is 0 Å². The smallest absolute Gasteiger partial charge is 0.434 e. The Morgan fingerprint density at radius 3 is 2.21 bits per heavy atom. The number of halogens is 5. The van der Waals surface area contributed by atoms with Gasteiger partial charge in [-0.05, 0) is 0 Å². The Morgan fingerprint density at radius 2 is 1.79 bits per heavy atom. The van der Waals surface area contributed by atoms with Gasteiger partial charge in [-0.3, -0.25) is 0 Å². The monoisotopic (exact) mass is 222 g/mol. The SMILES string of the molecule is O=C(OCCC(F)F)OCC(F)(F)F. The van der Waals surface area contributed by atoms with Crippen molar-refractivity contribution < 1.29 is 36.2 Å². The van der Waals surface area contributed by atoms with Crippen molar-refractivity contribution in [2.75, 3.05) is 13.2 Å². The van der Waals surface area contributed by atoms with E-state index >= 15 is 0 Å². The van der Waals surface area contributed by atoms with E-state index < -0.39 is 38.4 Å². The lowest BCUT2D eigenvalue weighted by Crippen LogP contribution is -2.21. The molecule has 0 spiro atoms. The van der Waals surface area contributed by atoms with Gasteiger partial charge in [0.1, 0.15) is 6.61 Å². The highest BCUT2D eigenvalue weighted by Crippen LogP contribution is 2.14. The number of hydrogen-bond donors (Lipinski definition) is 0. The van der Waals surface area contributed by atoms with Crippen LogP contribution in [-0.4, -0.2) is 32.0 Å². The van der Waals surface area contributed by atoms with Crippen LogP contribution in [0.15, 0.2) is 0 Å². The maximum atomic E-state index is 11.4. The minimum Gasteiger partial charge on any atom is -0.434 e. The second kappa shape index (κ2) is 5.61. The number of rotatable bonds is 4. The molecule has 3 nitrogen and oxygen atoms in total. The van der Waals surface area contributed by atoms with E-state index in [2.05, 4.69) is 9.47 Å². The van der Waals surface area contributed by atoms with E-state index in [1.54, 1.807) is 0 Å². The lowest BCUT2D eigenvalue weighted by atomic mass is 10.5. The molecule has 0 atom stereocenters. The zero-order valence-electron chi connectivity index (χ0n) is 6.81. The second-order valence-electron chi connectivity index (χ2n) is 2.18. The van der Waals surface area contributed by atoms with Crippen molar-refractivity contribution in [2.45, 2.75) is 19.0 Å². The van der Waals surface area contributed by atoms with Crippen LogP contribution in [0.25, 0.3) is 0 Å². The Balaban J connectivity index is 3.47. The topological polar surface area (TPSA) is 35.5 Å². The summed E-state index contributed by atoms with van der Waals surface area (Å²) < 4.78 is 64.6. The minimum atomic E-state index is -4.65. The van der Waals surface area contributed by atoms with Gasteiger partial charge in [-0.15, -0.1) is 0 Å². The first-order valence-electron chi connectivity index (χ1n) is 3.45. The molecule has 0 unspecified atom stereocenters. The second-order valence-corrected chi connectivity index (χ2v) is 2.18. The summed E-state index contributed by atoms with van der Waals surface area (Å²) in [5.41, 5.74) is 0. The fourth-order valence-electron chi connectivity index (χ4n) is 0.414. The van der Waals surface area contributed by atoms with Gasteiger partial charge in [0, 0.05) is 6.42 Å². The van der Waals surface area contributed by atoms with Crippen LogP contribution < -0.4 is 0 Å². The van der Waals surface area contributed by atoms with Crippen LogP contribution in [0.5, 0.6) is 0 Å². The molecule has 0 aliphatic carbocycles. The minimum absolute atomic E-state index is 0.672. The third-order valence-electron chi connectivity index (χ3n) is 0.910. The highest BCUT2D eigenvalue weighted by molar-refractivity contribution is 5.59. The summed E-state index contributed by atoms with van der Waals surface area (Å²) in [5.74, 6) is 0. The van der Waals surface area contributed by atoms with Crippen molar-refractivity contribution in [3.8, 4) is 0 Å². The lowest BCUT2D eigenvalue weighted by molar-refractivity contribution is -0.165. The molecule has 0 heterocycles. The molecule has 0 aromatic heterocycles. The van der Waals surface area contributed by atoms with Crippen molar-refractivity contribution in [3.05, 3.63) is 0 Å².